The van der Waals surface area contributed by atoms with E-state index < -0.39 is 6.04 Å². The molecule has 1 atom stereocenters. The SMILES string of the molecule is COCCN(C)CCNC(=O)[C@@H](N)CCc1ccccc1. The second kappa shape index (κ2) is 10.3. The van der Waals surface area contributed by atoms with E-state index in [0.29, 0.717) is 19.6 Å². The number of likely N-dealkylation sites (N-methyl/N-ethyl adjacent to an activating group) is 1. The Labute approximate surface area is 127 Å². The second-order valence-corrected chi connectivity index (χ2v) is 5.22. The highest BCUT2D eigenvalue weighted by Crippen LogP contribution is 2.03. The highest BCUT2D eigenvalue weighted by Gasteiger charge is 2.12. The molecule has 0 unspecified atom stereocenters. The van der Waals surface area contributed by atoms with Gasteiger partial charge in [0, 0.05) is 26.7 Å². The van der Waals surface area contributed by atoms with Crippen LogP contribution in [0.25, 0.3) is 0 Å². The molecule has 0 bridgehead atoms. The molecule has 5 nitrogen and oxygen atoms in total. The number of rotatable bonds is 10. The monoisotopic (exact) mass is 293 g/mol. The third kappa shape index (κ3) is 7.80. The van der Waals surface area contributed by atoms with Gasteiger partial charge in [-0.25, -0.2) is 0 Å². The lowest BCUT2D eigenvalue weighted by molar-refractivity contribution is -0.122. The molecule has 118 valence electrons. The third-order valence-corrected chi connectivity index (χ3v) is 3.39. The van der Waals surface area contributed by atoms with Gasteiger partial charge in [-0.2, -0.15) is 0 Å². The third-order valence-electron chi connectivity index (χ3n) is 3.39. The summed E-state index contributed by atoms with van der Waals surface area (Å²) in [5.41, 5.74) is 7.12. The molecule has 0 saturated heterocycles. The number of nitrogens with two attached hydrogens (primary N) is 1. The zero-order valence-corrected chi connectivity index (χ0v) is 13.0. The van der Waals surface area contributed by atoms with Crippen molar-refractivity contribution in [1.82, 2.24) is 10.2 Å². The normalized spacial score (nSPS) is 12.4. The van der Waals surface area contributed by atoms with Gasteiger partial charge in [0.05, 0.1) is 12.6 Å². The van der Waals surface area contributed by atoms with E-state index in [1.54, 1.807) is 7.11 Å². The van der Waals surface area contributed by atoms with E-state index in [4.69, 9.17) is 10.5 Å². The number of carbonyl (C=O) groups is 1. The van der Waals surface area contributed by atoms with E-state index in [2.05, 4.69) is 22.3 Å². The van der Waals surface area contributed by atoms with Crippen molar-refractivity contribution in [1.29, 1.82) is 0 Å². The molecule has 0 aliphatic carbocycles. The van der Waals surface area contributed by atoms with Crippen molar-refractivity contribution in [3.05, 3.63) is 35.9 Å². The number of aryl methyl sites for hydroxylation is 1. The van der Waals surface area contributed by atoms with Gasteiger partial charge in [-0.3, -0.25) is 4.79 Å². The lowest BCUT2D eigenvalue weighted by atomic mass is 10.1. The van der Waals surface area contributed by atoms with Gasteiger partial charge in [0.25, 0.3) is 0 Å². The van der Waals surface area contributed by atoms with Crippen LogP contribution in [0.3, 0.4) is 0 Å². The predicted molar refractivity (Wildman–Crippen MR) is 85.1 cm³/mol. The van der Waals surface area contributed by atoms with Crippen LogP contribution in [-0.4, -0.2) is 57.2 Å². The molecule has 1 aromatic rings. The summed E-state index contributed by atoms with van der Waals surface area (Å²) in [4.78, 5) is 14.0. The number of carbonyl (C=O) groups excluding carboxylic acids is 1. The Kier molecular flexibility index (Phi) is 8.66. The Morgan fingerprint density at radius 1 is 1.33 bits per heavy atom. The molecule has 0 fully saturated rings. The van der Waals surface area contributed by atoms with Crippen molar-refractivity contribution in [3.63, 3.8) is 0 Å². The summed E-state index contributed by atoms with van der Waals surface area (Å²) in [6.07, 6.45) is 1.48. The number of nitrogens with zero attached hydrogens (tertiary/aromatic N) is 1. The fraction of sp³-hybridized carbons (Fsp3) is 0.562. The number of nitrogens with one attached hydrogen (secondary N) is 1. The van der Waals surface area contributed by atoms with Crippen molar-refractivity contribution >= 4 is 5.91 Å². The lowest BCUT2D eigenvalue weighted by Gasteiger charge is -2.17. The number of amides is 1. The maximum absolute atomic E-state index is 11.9. The Bertz CT molecular complexity index is 398. The molecule has 3 N–H and O–H groups in total. The van der Waals surface area contributed by atoms with Gasteiger partial charge >= 0.3 is 0 Å². The Morgan fingerprint density at radius 2 is 2.05 bits per heavy atom. The molecule has 0 spiro atoms. The molecule has 1 rings (SSSR count). The molecular weight excluding hydrogens is 266 g/mol. The van der Waals surface area contributed by atoms with Crippen LogP contribution in [0.15, 0.2) is 30.3 Å². The second-order valence-electron chi connectivity index (χ2n) is 5.22. The Hall–Kier alpha value is -1.43. The molecule has 1 amide bonds. The summed E-state index contributed by atoms with van der Waals surface area (Å²) >= 11 is 0. The van der Waals surface area contributed by atoms with Gasteiger partial charge in [-0.1, -0.05) is 30.3 Å². The fourth-order valence-electron chi connectivity index (χ4n) is 1.96. The van der Waals surface area contributed by atoms with Gasteiger partial charge in [-0.05, 0) is 25.5 Å². The van der Waals surface area contributed by atoms with E-state index in [0.717, 1.165) is 19.5 Å². The first-order chi connectivity index (χ1) is 10.1. The van der Waals surface area contributed by atoms with Crippen molar-refractivity contribution in [2.75, 3.05) is 40.4 Å². The van der Waals surface area contributed by atoms with Crippen LogP contribution in [0, 0.1) is 0 Å². The van der Waals surface area contributed by atoms with E-state index in [-0.39, 0.29) is 5.91 Å². The number of benzene rings is 1. The summed E-state index contributed by atoms with van der Waals surface area (Å²) < 4.78 is 5.00. The van der Waals surface area contributed by atoms with Crippen molar-refractivity contribution in [2.45, 2.75) is 18.9 Å². The van der Waals surface area contributed by atoms with Gasteiger partial charge < -0.3 is 20.7 Å². The van der Waals surface area contributed by atoms with E-state index in [1.165, 1.54) is 5.56 Å². The lowest BCUT2D eigenvalue weighted by Crippen LogP contribution is -2.43. The van der Waals surface area contributed by atoms with Crippen LogP contribution in [0.5, 0.6) is 0 Å². The fourth-order valence-corrected chi connectivity index (χ4v) is 1.96. The first-order valence-electron chi connectivity index (χ1n) is 7.38. The van der Waals surface area contributed by atoms with Gasteiger partial charge in [0.2, 0.25) is 5.91 Å². The molecule has 0 radical (unpaired) electrons. The maximum Gasteiger partial charge on any atom is 0.236 e. The highest BCUT2D eigenvalue weighted by molar-refractivity contribution is 5.81. The van der Waals surface area contributed by atoms with Crippen molar-refractivity contribution in [3.8, 4) is 0 Å². The van der Waals surface area contributed by atoms with Crippen molar-refractivity contribution in [2.24, 2.45) is 5.73 Å². The number of methoxy groups -OCH3 is 1. The topological polar surface area (TPSA) is 67.6 Å². The molecule has 0 aliphatic rings. The maximum atomic E-state index is 11.9. The van der Waals surface area contributed by atoms with Crippen LogP contribution in [-0.2, 0) is 16.0 Å². The zero-order valence-electron chi connectivity index (χ0n) is 13.0. The van der Waals surface area contributed by atoms with Crippen LogP contribution in [0.1, 0.15) is 12.0 Å². The van der Waals surface area contributed by atoms with E-state index in [9.17, 15) is 4.79 Å². The Balaban J connectivity index is 2.16. The summed E-state index contributed by atoms with van der Waals surface area (Å²) in [5.74, 6) is -0.0777. The van der Waals surface area contributed by atoms with Crippen molar-refractivity contribution < 1.29 is 9.53 Å². The largest absolute Gasteiger partial charge is 0.383 e. The van der Waals surface area contributed by atoms with Gasteiger partial charge in [0.1, 0.15) is 0 Å². The van der Waals surface area contributed by atoms with Gasteiger partial charge in [-0.15, -0.1) is 0 Å². The summed E-state index contributed by atoms with van der Waals surface area (Å²) in [7, 11) is 3.68. The number of hydrogen-bond donors (Lipinski definition) is 2. The van der Waals surface area contributed by atoms with Crippen LogP contribution in [0.4, 0.5) is 0 Å². The average molecular weight is 293 g/mol. The average Bonchev–Trinajstić information content (AvgIpc) is 2.51. The van der Waals surface area contributed by atoms with E-state index in [1.807, 2.05) is 25.2 Å². The molecule has 0 heterocycles. The van der Waals surface area contributed by atoms with Gasteiger partial charge in [0.15, 0.2) is 0 Å². The Morgan fingerprint density at radius 3 is 2.71 bits per heavy atom. The predicted octanol–water partition coefficient (Wildman–Crippen LogP) is 0.641. The van der Waals surface area contributed by atoms with E-state index >= 15 is 0 Å². The molecule has 5 heteroatoms. The molecule has 0 aliphatic heterocycles. The summed E-state index contributed by atoms with van der Waals surface area (Å²) in [6, 6.07) is 9.63. The quantitative estimate of drug-likeness (QED) is 0.664. The molecule has 1 aromatic carbocycles. The minimum Gasteiger partial charge on any atom is -0.383 e. The smallest absolute Gasteiger partial charge is 0.236 e. The minimum absolute atomic E-state index is 0.0777. The first kappa shape index (κ1) is 17.6. The minimum atomic E-state index is -0.450. The molecule has 21 heavy (non-hydrogen) atoms. The molecule has 0 saturated carbocycles. The number of hydrogen-bond acceptors (Lipinski definition) is 4. The van der Waals surface area contributed by atoms with Crippen LogP contribution < -0.4 is 11.1 Å². The summed E-state index contributed by atoms with van der Waals surface area (Å²) in [5, 5.41) is 2.88. The molecule has 0 aromatic heterocycles. The van der Waals surface area contributed by atoms with Crippen LogP contribution >= 0.6 is 0 Å². The molecular formula is C16H27N3O2. The standard InChI is InChI=1S/C16H27N3O2/c1-19(12-13-21-2)11-10-18-16(20)15(17)9-8-14-6-4-3-5-7-14/h3-7,15H,8-13,17H2,1-2H3,(H,18,20)/t15-/m0/s1. The first-order valence-corrected chi connectivity index (χ1v) is 7.38. The zero-order chi connectivity index (χ0) is 15.5. The highest BCUT2D eigenvalue weighted by atomic mass is 16.5. The number of ether oxygens (including phenoxy) is 1. The van der Waals surface area contributed by atoms with Crippen LogP contribution in [0.2, 0.25) is 0 Å². The summed E-state index contributed by atoms with van der Waals surface area (Å²) in [6.45, 7) is 2.95.